The average Bonchev–Trinajstić information content (AvgIpc) is 2.78. The van der Waals surface area contributed by atoms with E-state index in [4.69, 9.17) is 4.74 Å². The zero-order chi connectivity index (χ0) is 21.6. The number of benzene rings is 1. The first-order chi connectivity index (χ1) is 14.4. The van der Waals surface area contributed by atoms with Crippen LogP contribution in [0.2, 0.25) is 0 Å². The number of nitrogens with one attached hydrogen (secondary N) is 1. The van der Waals surface area contributed by atoms with Crippen LogP contribution in [-0.4, -0.2) is 80.8 Å². The number of ether oxygens (including phenoxy) is 1. The van der Waals surface area contributed by atoms with Crippen molar-refractivity contribution < 1.29 is 17.9 Å². The second-order valence-electron chi connectivity index (χ2n) is 8.43. The third-order valence-corrected chi connectivity index (χ3v) is 8.56. The van der Waals surface area contributed by atoms with Gasteiger partial charge in [-0.15, -0.1) is 0 Å². The largest absolute Gasteiger partial charge is 0.381 e. The molecule has 1 N–H and O–H groups in total. The van der Waals surface area contributed by atoms with Crippen LogP contribution in [0.4, 0.5) is 0 Å². The molecule has 1 amide bonds. The van der Waals surface area contributed by atoms with E-state index < -0.39 is 10.0 Å². The Bertz CT molecular complexity index is 794. The van der Waals surface area contributed by atoms with Crippen molar-refractivity contribution >= 4 is 15.9 Å². The van der Waals surface area contributed by atoms with Crippen LogP contribution in [0.25, 0.3) is 0 Å². The fourth-order valence-corrected chi connectivity index (χ4v) is 6.31. The van der Waals surface area contributed by atoms with Crippen molar-refractivity contribution in [1.29, 1.82) is 0 Å². The summed E-state index contributed by atoms with van der Waals surface area (Å²) in [6.45, 7) is 4.82. The molecule has 1 aliphatic carbocycles. The highest BCUT2D eigenvalue weighted by atomic mass is 32.2. The van der Waals surface area contributed by atoms with Gasteiger partial charge in [0.25, 0.3) is 5.91 Å². The van der Waals surface area contributed by atoms with Gasteiger partial charge in [-0.2, -0.15) is 4.31 Å². The van der Waals surface area contributed by atoms with E-state index in [0.717, 1.165) is 25.7 Å². The van der Waals surface area contributed by atoms with E-state index in [1.165, 1.54) is 0 Å². The number of amides is 1. The number of carbonyl (C=O) groups is 1. The summed E-state index contributed by atoms with van der Waals surface area (Å²) in [5, 5.41) is 3.15. The van der Waals surface area contributed by atoms with Crippen molar-refractivity contribution in [3.63, 3.8) is 0 Å². The second-order valence-corrected chi connectivity index (χ2v) is 10.5. The average molecular weight is 438 g/mol. The van der Waals surface area contributed by atoms with Gasteiger partial charge in [-0.05, 0) is 44.2 Å². The summed E-state index contributed by atoms with van der Waals surface area (Å²) >= 11 is 0. The van der Waals surface area contributed by atoms with E-state index >= 15 is 0 Å². The molecular weight excluding hydrogens is 402 g/mol. The van der Waals surface area contributed by atoms with Gasteiger partial charge in [-0.25, -0.2) is 8.42 Å². The number of methoxy groups -OCH3 is 1. The molecule has 7 nitrogen and oxygen atoms in total. The molecule has 2 aliphatic rings. The Morgan fingerprint density at radius 3 is 2.53 bits per heavy atom. The van der Waals surface area contributed by atoms with Crippen LogP contribution in [0.3, 0.4) is 0 Å². The third-order valence-electron chi connectivity index (χ3n) is 6.49. The lowest BCUT2D eigenvalue weighted by Gasteiger charge is -2.51. The van der Waals surface area contributed by atoms with Crippen molar-refractivity contribution in [3.8, 4) is 0 Å². The Balaban J connectivity index is 1.70. The second kappa shape index (κ2) is 10.2. The number of rotatable bonds is 8. The first-order valence-electron chi connectivity index (χ1n) is 11.0. The van der Waals surface area contributed by atoms with Gasteiger partial charge in [0, 0.05) is 50.9 Å². The molecule has 0 spiro atoms. The van der Waals surface area contributed by atoms with E-state index in [1.807, 2.05) is 37.3 Å². The molecule has 1 aromatic carbocycles. The molecule has 0 bridgehead atoms. The summed E-state index contributed by atoms with van der Waals surface area (Å²) in [5.74, 6) is 0.135. The van der Waals surface area contributed by atoms with Gasteiger partial charge in [0.1, 0.15) is 0 Å². The molecule has 168 valence electrons. The predicted molar refractivity (Wildman–Crippen MR) is 118 cm³/mol. The molecule has 0 aromatic heterocycles. The van der Waals surface area contributed by atoms with Gasteiger partial charge in [-0.1, -0.05) is 25.1 Å². The number of carbonyl (C=O) groups excluding carboxylic acids is 1. The van der Waals surface area contributed by atoms with E-state index in [2.05, 4.69) is 10.2 Å². The minimum atomic E-state index is -3.17. The zero-order valence-corrected chi connectivity index (χ0v) is 19.0. The SMILES string of the molecule is CCCS(=O)(=O)N1CCN(C2(CNC(=O)c3ccccc3)CCCC(OC)C2)CC1. The molecule has 8 heteroatoms. The van der Waals surface area contributed by atoms with E-state index in [9.17, 15) is 13.2 Å². The lowest BCUT2D eigenvalue weighted by Crippen LogP contribution is -2.63. The fourth-order valence-electron chi connectivity index (χ4n) is 4.81. The topological polar surface area (TPSA) is 79.0 Å². The molecule has 1 saturated heterocycles. The van der Waals surface area contributed by atoms with E-state index in [0.29, 0.717) is 44.7 Å². The zero-order valence-electron chi connectivity index (χ0n) is 18.2. The smallest absolute Gasteiger partial charge is 0.251 e. The van der Waals surface area contributed by atoms with Gasteiger partial charge >= 0.3 is 0 Å². The van der Waals surface area contributed by atoms with Crippen LogP contribution >= 0.6 is 0 Å². The molecule has 1 heterocycles. The Kier molecular flexibility index (Phi) is 7.90. The van der Waals surface area contributed by atoms with Gasteiger partial charge in [0.15, 0.2) is 0 Å². The quantitative estimate of drug-likeness (QED) is 0.674. The molecular formula is C22H35N3O4S. The Labute approximate surface area is 180 Å². The van der Waals surface area contributed by atoms with Gasteiger partial charge in [-0.3, -0.25) is 9.69 Å². The van der Waals surface area contributed by atoms with Crippen molar-refractivity contribution in [2.24, 2.45) is 0 Å². The van der Waals surface area contributed by atoms with Crippen molar-refractivity contribution in [2.75, 3.05) is 45.6 Å². The molecule has 2 atom stereocenters. The predicted octanol–water partition coefficient (Wildman–Crippen LogP) is 2.10. The maximum atomic E-state index is 12.7. The molecule has 1 aromatic rings. The monoisotopic (exact) mass is 437 g/mol. The number of piperazine rings is 1. The van der Waals surface area contributed by atoms with Crippen molar-refractivity contribution in [1.82, 2.24) is 14.5 Å². The summed E-state index contributed by atoms with van der Waals surface area (Å²) < 4.78 is 32.2. The molecule has 30 heavy (non-hydrogen) atoms. The van der Waals surface area contributed by atoms with Crippen LogP contribution in [-0.2, 0) is 14.8 Å². The minimum absolute atomic E-state index is 0.0707. The highest BCUT2D eigenvalue weighted by molar-refractivity contribution is 7.89. The summed E-state index contributed by atoms with van der Waals surface area (Å²) in [6.07, 6.45) is 4.68. The summed E-state index contributed by atoms with van der Waals surface area (Å²) in [7, 11) is -1.42. The first kappa shape index (κ1) is 23.2. The van der Waals surface area contributed by atoms with E-state index in [1.54, 1.807) is 11.4 Å². The lowest BCUT2D eigenvalue weighted by molar-refractivity contribution is -0.0355. The molecule has 2 fully saturated rings. The number of nitrogens with zero attached hydrogens (tertiary/aromatic N) is 2. The molecule has 1 saturated carbocycles. The summed E-state index contributed by atoms with van der Waals surface area (Å²) in [4.78, 5) is 15.1. The Hall–Kier alpha value is -1.48. The summed E-state index contributed by atoms with van der Waals surface area (Å²) in [6, 6.07) is 9.26. The molecule has 0 radical (unpaired) electrons. The number of hydrogen-bond acceptors (Lipinski definition) is 5. The standard InChI is InChI=1S/C22H35N3O4S/c1-3-16-30(27,28)25-14-12-24(13-15-25)22(11-7-10-20(17-22)29-2)18-23-21(26)19-8-5-4-6-9-19/h4-6,8-9,20H,3,7,10-18H2,1-2H3,(H,23,26). The highest BCUT2D eigenvalue weighted by Gasteiger charge is 2.43. The van der Waals surface area contributed by atoms with Crippen LogP contribution in [0, 0.1) is 0 Å². The minimum Gasteiger partial charge on any atom is -0.381 e. The van der Waals surface area contributed by atoms with Crippen LogP contribution in [0.1, 0.15) is 49.4 Å². The third kappa shape index (κ3) is 5.41. The van der Waals surface area contributed by atoms with E-state index in [-0.39, 0.29) is 23.3 Å². The van der Waals surface area contributed by atoms with Gasteiger partial charge < -0.3 is 10.1 Å². The highest BCUT2D eigenvalue weighted by Crippen LogP contribution is 2.35. The first-order valence-corrected chi connectivity index (χ1v) is 12.6. The summed E-state index contributed by atoms with van der Waals surface area (Å²) in [5.41, 5.74) is 0.450. The molecule has 2 unspecified atom stereocenters. The Morgan fingerprint density at radius 2 is 1.90 bits per heavy atom. The number of hydrogen-bond donors (Lipinski definition) is 1. The van der Waals surface area contributed by atoms with Gasteiger partial charge in [0.05, 0.1) is 11.9 Å². The fraction of sp³-hybridized carbons (Fsp3) is 0.682. The maximum absolute atomic E-state index is 12.7. The van der Waals surface area contributed by atoms with Crippen molar-refractivity contribution in [3.05, 3.63) is 35.9 Å². The van der Waals surface area contributed by atoms with Crippen LogP contribution in [0.15, 0.2) is 30.3 Å². The van der Waals surface area contributed by atoms with Crippen LogP contribution < -0.4 is 5.32 Å². The Morgan fingerprint density at radius 1 is 1.20 bits per heavy atom. The van der Waals surface area contributed by atoms with Gasteiger partial charge in [0.2, 0.25) is 10.0 Å². The lowest BCUT2D eigenvalue weighted by atomic mass is 9.78. The van der Waals surface area contributed by atoms with Crippen LogP contribution in [0.5, 0.6) is 0 Å². The van der Waals surface area contributed by atoms with Crippen molar-refractivity contribution in [2.45, 2.75) is 50.7 Å². The molecule has 1 aliphatic heterocycles. The molecule has 3 rings (SSSR count). The number of sulfonamides is 1. The maximum Gasteiger partial charge on any atom is 0.251 e. The normalized spacial score (nSPS) is 26.4.